The van der Waals surface area contributed by atoms with Crippen LogP contribution in [0.2, 0.25) is 5.02 Å². The van der Waals surface area contributed by atoms with Crippen molar-refractivity contribution in [3.8, 4) is 0 Å². The first-order valence-corrected chi connectivity index (χ1v) is 5.17. The lowest BCUT2D eigenvalue weighted by atomic mass is 9.92. The summed E-state index contributed by atoms with van der Waals surface area (Å²) in [6.45, 7) is -3.21. The van der Waals surface area contributed by atoms with Crippen LogP contribution in [0.3, 0.4) is 0 Å². The normalized spacial score (nSPS) is 12.2. The number of halogens is 4. The van der Waals surface area contributed by atoms with Gasteiger partial charge >= 0.3 is 0 Å². The van der Waals surface area contributed by atoms with Crippen LogP contribution in [0.1, 0.15) is 5.56 Å². The van der Waals surface area contributed by atoms with Crippen molar-refractivity contribution in [1.82, 2.24) is 0 Å². The Bertz CT molecular complexity index is 351. The second-order valence-electron chi connectivity index (χ2n) is 3.62. The van der Waals surface area contributed by atoms with Crippen molar-refractivity contribution in [1.29, 1.82) is 0 Å². The van der Waals surface area contributed by atoms with E-state index in [1.165, 1.54) is 12.2 Å². The largest absolute Gasteiger partial charge is 0.250 e. The number of hydrogen-bond acceptors (Lipinski definition) is 0. The van der Waals surface area contributed by atoms with Gasteiger partial charge in [0.1, 0.15) is 20.0 Å². The summed E-state index contributed by atoms with van der Waals surface area (Å²) in [6, 6.07) is 6.83. The van der Waals surface area contributed by atoms with Gasteiger partial charge in [0.15, 0.2) is 0 Å². The standard InChI is InChI=1S/C12H12ClF3/c13-11-4-2-1-3-10(11)5-6-12(7-14,8-15)9-16/h1-6H,7-9H2/b6-5+. The number of alkyl halides is 3. The van der Waals surface area contributed by atoms with E-state index in [1.807, 2.05) is 0 Å². The van der Waals surface area contributed by atoms with Gasteiger partial charge in [0.05, 0.1) is 5.41 Å². The predicted octanol–water partition coefficient (Wildman–Crippen LogP) is 4.25. The molecule has 1 aromatic carbocycles. The second kappa shape index (κ2) is 5.94. The Balaban J connectivity index is 2.91. The molecule has 4 heteroatoms. The first kappa shape index (κ1) is 13.1. The Morgan fingerprint density at radius 3 is 2.12 bits per heavy atom. The van der Waals surface area contributed by atoms with Crippen molar-refractivity contribution in [2.24, 2.45) is 5.41 Å². The molecule has 0 aliphatic carbocycles. The summed E-state index contributed by atoms with van der Waals surface area (Å²) in [7, 11) is 0. The molecule has 0 heterocycles. The highest BCUT2D eigenvalue weighted by Crippen LogP contribution is 2.25. The summed E-state index contributed by atoms with van der Waals surface area (Å²) in [4.78, 5) is 0. The van der Waals surface area contributed by atoms with Crippen LogP contribution >= 0.6 is 11.6 Å². The van der Waals surface area contributed by atoms with Crippen LogP contribution in [0.5, 0.6) is 0 Å². The maximum atomic E-state index is 12.6. The van der Waals surface area contributed by atoms with Gasteiger partial charge < -0.3 is 0 Å². The SMILES string of the molecule is FCC(/C=C/c1ccccc1Cl)(CF)CF. The number of rotatable bonds is 5. The highest BCUT2D eigenvalue weighted by atomic mass is 35.5. The molecular formula is C12H12ClF3. The van der Waals surface area contributed by atoms with E-state index in [0.29, 0.717) is 10.6 Å². The van der Waals surface area contributed by atoms with E-state index in [0.717, 1.165) is 0 Å². The monoisotopic (exact) mass is 248 g/mol. The Morgan fingerprint density at radius 1 is 1.06 bits per heavy atom. The van der Waals surface area contributed by atoms with Gasteiger partial charge in [-0.1, -0.05) is 42.0 Å². The molecule has 0 aliphatic heterocycles. The topological polar surface area (TPSA) is 0 Å². The van der Waals surface area contributed by atoms with Crippen LogP contribution in [-0.4, -0.2) is 20.0 Å². The van der Waals surface area contributed by atoms with E-state index in [4.69, 9.17) is 11.6 Å². The lowest BCUT2D eigenvalue weighted by Gasteiger charge is -2.19. The summed E-state index contributed by atoms with van der Waals surface area (Å²) < 4.78 is 37.7. The molecule has 0 aromatic heterocycles. The van der Waals surface area contributed by atoms with Gasteiger partial charge in [-0.2, -0.15) is 0 Å². The minimum absolute atomic E-state index is 0.462. The highest BCUT2D eigenvalue weighted by Gasteiger charge is 2.27. The van der Waals surface area contributed by atoms with E-state index >= 15 is 0 Å². The Morgan fingerprint density at radius 2 is 1.62 bits per heavy atom. The molecule has 0 saturated carbocycles. The molecule has 0 saturated heterocycles. The van der Waals surface area contributed by atoms with Gasteiger partial charge in [-0.25, -0.2) is 13.2 Å². The number of allylic oxidation sites excluding steroid dienone is 1. The Labute approximate surface area is 97.7 Å². The van der Waals surface area contributed by atoms with Crippen LogP contribution in [-0.2, 0) is 0 Å². The van der Waals surface area contributed by atoms with E-state index in [1.54, 1.807) is 24.3 Å². The van der Waals surface area contributed by atoms with Crippen LogP contribution < -0.4 is 0 Å². The average Bonchev–Trinajstić information content (AvgIpc) is 2.34. The third kappa shape index (κ3) is 3.01. The van der Waals surface area contributed by atoms with Crippen LogP contribution in [0.4, 0.5) is 13.2 Å². The molecule has 1 aromatic rings. The fourth-order valence-electron chi connectivity index (χ4n) is 1.12. The van der Waals surface area contributed by atoms with Crippen LogP contribution in [0.25, 0.3) is 6.08 Å². The number of hydrogen-bond donors (Lipinski definition) is 0. The Hall–Kier alpha value is -0.960. The third-order valence-electron chi connectivity index (χ3n) is 2.32. The zero-order valence-corrected chi connectivity index (χ0v) is 9.35. The van der Waals surface area contributed by atoms with Gasteiger partial charge in [-0.05, 0) is 11.6 Å². The quantitative estimate of drug-likeness (QED) is 0.731. The van der Waals surface area contributed by atoms with Crippen LogP contribution in [0.15, 0.2) is 30.3 Å². The zero-order chi connectivity index (χ0) is 12.0. The molecule has 16 heavy (non-hydrogen) atoms. The average molecular weight is 249 g/mol. The molecule has 0 N–H and O–H groups in total. The first-order valence-electron chi connectivity index (χ1n) is 4.79. The van der Waals surface area contributed by atoms with E-state index in [-0.39, 0.29) is 0 Å². The molecular weight excluding hydrogens is 237 g/mol. The molecule has 0 nitrogen and oxygen atoms in total. The molecule has 0 unspecified atom stereocenters. The predicted molar refractivity (Wildman–Crippen MR) is 60.8 cm³/mol. The summed E-state index contributed by atoms with van der Waals surface area (Å²) in [5.74, 6) is 0. The van der Waals surface area contributed by atoms with Crippen molar-refractivity contribution in [2.45, 2.75) is 0 Å². The molecule has 0 fully saturated rings. The lowest BCUT2D eigenvalue weighted by molar-refractivity contribution is 0.164. The summed E-state index contributed by atoms with van der Waals surface area (Å²) >= 11 is 5.85. The van der Waals surface area contributed by atoms with E-state index < -0.39 is 25.4 Å². The van der Waals surface area contributed by atoms with Gasteiger partial charge in [0.25, 0.3) is 0 Å². The van der Waals surface area contributed by atoms with Gasteiger partial charge in [-0.15, -0.1) is 0 Å². The maximum absolute atomic E-state index is 12.6. The van der Waals surface area contributed by atoms with Crippen molar-refractivity contribution in [3.05, 3.63) is 40.9 Å². The smallest absolute Gasteiger partial charge is 0.104 e. The minimum atomic E-state index is -1.67. The van der Waals surface area contributed by atoms with E-state index in [2.05, 4.69) is 0 Å². The molecule has 0 spiro atoms. The van der Waals surface area contributed by atoms with Crippen LogP contribution in [0, 0.1) is 5.41 Å². The van der Waals surface area contributed by atoms with Gasteiger partial charge in [-0.3, -0.25) is 0 Å². The van der Waals surface area contributed by atoms with Crippen molar-refractivity contribution in [2.75, 3.05) is 20.0 Å². The van der Waals surface area contributed by atoms with Gasteiger partial charge in [0, 0.05) is 5.02 Å². The summed E-state index contributed by atoms with van der Waals surface area (Å²) in [5.41, 5.74) is -1.05. The minimum Gasteiger partial charge on any atom is -0.250 e. The Kier molecular flexibility index (Phi) is 4.87. The second-order valence-corrected chi connectivity index (χ2v) is 4.03. The molecule has 1 rings (SSSR count). The highest BCUT2D eigenvalue weighted by molar-refractivity contribution is 6.32. The molecule has 0 amide bonds. The van der Waals surface area contributed by atoms with Crippen molar-refractivity contribution < 1.29 is 13.2 Å². The van der Waals surface area contributed by atoms with Crippen molar-refractivity contribution >= 4 is 17.7 Å². The maximum Gasteiger partial charge on any atom is 0.104 e. The molecule has 0 bridgehead atoms. The fourth-order valence-corrected chi connectivity index (χ4v) is 1.32. The fraction of sp³-hybridized carbons (Fsp3) is 0.333. The summed E-state index contributed by atoms with van der Waals surface area (Å²) in [6.07, 6.45) is 2.65. The molecule has 0 aliphatic rings. The molecule has 88 valence electrons. The van der Waals surface area contributed by atoms with Gasteiger partial charge in [0.2, 0.25) is 0 Å². The van der Waals surface area contributed by atoms with Crippen molar-refractivity contribution in [3.63, 3.8) is 0 Å². The zero-order valence-electron chi connectivity index (χ0n) is 8.60. The molecule has 0 radical (unpaired) electrons. The van der Waals surface area contributed by atoms with E-state index in [9.17, 15) is 13.2 Å². The number of benzene rings is 1. The third-order valence-corrected chi connectivity index (χ3v) is 2.66. The summed E-state index contributed by atoms with van der Waals surface area (Å²) in [5, 5.41) is 0.462. The first-order chi connectivity index (χ1) is 7.67. The lowest BCUT2D eigenvalue weighted by Crippen LogP contribution is -2.25. The molecule has 0 atom stereocenters.